The number of benzene rings is 2. The Labute approximate surface area is 174 Å². The molecule has 0 saturated heterocycles. The molecule has 1 fully saturated rings. The molecular weight excluding hydrogens is 467 g/mol. The van der Waals surface area contributed by atoms with Crippen LogP contribution in [0.2, 0.25) is 0 Å². The minimum absolute atomic E-state index is 0. The van der Waals surface area contributed by atoms with Gasteiger partial charge in [0.05, 0.1) is 14.2 Å². The van der Waals surface area contributed by atoms with E-state index in [2.05, 4.69) is 15.6 Å². The van der Waals surface area contributed by atoms with Crippen molar-refractivity contribution in [1.29, 1.82) is 0 Å². The van der Waals surface area contributed by atoms with Crippen molar-refractivity contribution in [2.24, 2.45) is 4.99 Å². The number of hydrogen-bond acceptors (Lipinski definition) is 3. The van der Waals surface area contributed by atoms with E-state index in [-0.39, 0.29) is 41.5 Å². The van der Waals surface area contributed by atoms with Crippen molar-refractivity contribution >= 4 is 35.6 Å². The monoisotopic (exact) mass is 489 g/mol. The van der Waals surface area contributed by atoms with Crippen LogP contribution < -0.4 is 20.1 Å². The van der Waals surface area contributed by atoms with Gasteiger partial charge in [-0.2, -0.15) is 0 Å². The summed E-state index contributed by atoms with van der Waals surface area (Å²) in [6.07, 6.45) is 0.643. The number of nitrogens with zero attached hydrogens (tertiary/aromatic N) is 1. The fraction of sp³-hybridized carbons (Fsp3) is 0.316. The molecule has 2 unspecified atom stereocenters. The van der Waals surface area contributed by atoms with E-state index in [1.165, 1.54) is 18.2 Å². The summed E-state index contributed by atoms with van der Waals surface area (Å²) in [5.41, 5.74) is 0.886. The first-order valence-corrected chi connectivity index (χ1v) is 8.23. The summed E-state index contributed by atoms with van der Waals surface area (Å²) in [5.74, 6) is 0.495. The number of rotatable bonds is 5. The summed E-state index contributed by atoms with van der Waals surface area (Å²) in [6.45, 7) is 0. The fourth-order valence-electron chi connectivity index (χ4n) is 2.92. The van der Waals surface area contributed by atoms with E-state index in [1.807, 2.05) is 6.07 Å². The Morgan fingerprint density at radius 2 is 1.74 bits per heavy atom. The van der Waals surface area contributed by atoms with Crippen LogP contribution in [0, 0.1) is 11.6 Å². The van der Waals surface area contributed by atoms with Crippen molar-refractivity contribution in [3.05, 3.63) is 53.6 Å². The molecule has 1 saturated carbocycles. The SMILES string of the molecule is CN=C(Nc1ccc(OC)c(OC)c1)NC1CC1c1c(F)cccc1F.I. The zero-order chi connectivity index (χ0) is 18.7. The topological polar surface area (TPSA) is 54.9 Å². The van der Waals surface area contributed by atoms with Gasteiger partial charge in [0.25, 0.3) is 0 Å². The van der Waals surface area contributed by atoms with Gasteiger partial charge in [-0.25, -0.2) is 8.78 Å². The smallest absolute Gasteiger partial charge is 0.195 e. The average Bonchev–Trinajstić information content (AvgIpc) is 3.39. The second kappa shape index (κ2) is 9.20. The Morgan fingerprint density at radius 1 is 1.07 bits per heavy atom. The van der Waals surface area contributed by atoms with E-state index in [9.17, 15) is 8.78 Å². The Bertz CT molecular complexity index is 812. The van der Waals surface area contributed by atoms with Gasteiger partial charge in [-0.05, 0) is 30.7 Å². The van der Waals surface area contributed by atoms with Gasteiger partial charge < -0.3 is 20.1 Å². The summed E-state index contributed by atoms with van der Waals surface area (Å²) in [7, 11) is 4.77. The number of ether oxygens (including phenoxy) is 2. The van der Waals surface area contributed by atoms with Crippen molar-refractivity contribution in [3.8, 4) is 11.5 Å². The molecule has 1 aliphatic carbocycles. The minimum Gasteiger partial charge on any atom is -0.493 e. The molecule has 0 spiro atoms. The van der Waals surface area contributed by atoms with E-state index in [0.29, 0.717) is 23.9 Å². The van der Waals surface area contributed by atoms with Gasteiger partial charge in [0.2, 0.25) is 0 Å². The van der Waals surface area contributed by atoms with Crippen LogP contribution in [-0.2, 0) is 0 Å². The van der Waals surface area contributed by atoms with Crippen LogP contribution in [0.1, 0.15) is 17.9 Å². The molecule has 27 heavy (non-hydrogen) atoms. The lowest BCUT2D eigenvalue weighted by Gasteiger charge is -2.14. The van der Waals surface area contributed by atoms with E-state index >= 15 is 0 Å². The quantitative estimate of drug-likeness (QED) is 0.377. The Kier molecular flexibility index (Phi) is 7.23. The zero-order valence-electron chi connectivity index (χ0n) is 15.3. The van der Waals surface area contributed by atoms with Crippen molar-refractivity contribution in [3.63, 3.8) is 0 Å². The van der Waals surface area contributed by atoms with Crippen LogP contribution in [0.5, 0.6) is 11.5 Å². The number of halogens is 3. The normalized spacial score (nSPS) is 18.3. The zero-order valence-corrected chi connectivity index (χ0v) is 17.6. The fourth-order valence-corrected chi connectivity index (χ4v) is 2.92. The third-order valence-electron chi connectivity index (χ3n) is 4.35. The molecule has 0 bridgehead atoms. The molecule has 0 aromatic heterocycles. The van der Waals surface area contributed by atoms with Gasteiger partial charge in [-0.3, -0.25) is 4.99 Å². The molecule has 2 N–H and O–H groups in total. The van der Waals surface area contributed by atoms with Crippen LogP contribution in [0.15, 0.2) is 41.4 Å². The number of methoxy groups -OCH3 is 2. The predicted octanol–water partition coefficient (Wildman–Crippen LogP) is 4.14. The summed E-state index contributed by atoms with van der Waals surface area (Å²) in [5, 5.41) is 6.33. The first kappa shape index (κ1) is 21.2. The molecule has 0 aliphatic heterocycles. The van der Waals surface area contributed by atoms with Crippen LogP contribution >= 0.6 is 24.0 Å². The number of nitrogens with one attached hydrogen (secondary N) is 2. The van der Waals surface area contributed by atoms with Crippen LogP contribution in [0.3, 0.4) is 0 Å². The summed E-state index contributed by atoms with van der Waals surface area (Å²) < 4.78 is 38.3. The number of aliphatic imine (C=N–C) groups is 1. The van der Waals surface area contributed by atoms with Gasteiger partial charge in [0.1, 0.15) is 11.6 Å². The summed E-state index contributed by atoms with van der Waals surface area (Å²) in [6, 6.07) is 9.25. The second-order valence-corrected chi connectivity index (χ2v) is 6.00. The highest BCUT2D eigenvalue weighted by Gasteiger charge is 2.42. The molecule has 2 atom stereocenters. The lowest BCUT2D eigenvalue weighted by molar-refractivity contribution is 0.355. The number of anilines is 1. The molecule has 0 heterocycles. The average molecular weight is 489 g/mol. The maximum atomic E-state index is 13.9. The van der Waals surface area contributed by atoms with Gasteiger partial charge in [0, 0.05) is 36.3 Å². The molecule has 0 radical (unpaired) electrons. The van der Waals surface area contributed by atoms with E-state index in [0.717, 1.165) is 5.69 Å². The van der Waals surface area contributed by atoms with Crippen LogP contribution in [0.25, 0.3) is 0 Å². The molecule has 2 aromatic carbocycles. The Balaban J connectivity index is 0.00000261. The largest absolute Gasteiger partial charge is 0.493 e. The third kappa shape index (κ3) is 4.79. The first-order valence-electron chi connectivity index (χ1n) is 8.23. The first-order chi connectivity index (χ1) is 12.6. The summed E-state index contributed by atoms with van der Waals surface area (Å²) >= 11 is 0. The van der Waals surface area contributed by atoms with Crippen LogP contribution in [0.4, 0.5) is 14.5 Å². The molecule has 146 valence electrons. The molecular formula is C19H22F2IN3O2. The molecule has 8 heteroatoms. The van der Waals surface area contributed by atoms with Crippen LogP contribution in [-0.4, -0.2) is 33.3 Å². The maximum absolute atomic E-state index is 13.9. The highest BCUT2D eigenvalue weighted by molar-refractivity contribution is 14.0. The lowest BCUT2D eigenvalue weighted by atomic mass is 10.1. The van der Waals surface area contributed by atoms with Gasteiger partial charge in [-0.1, -0.05) is 6.07 Å². The molecule has 1 aliphatic rings. The van der Waals surface area contributed by atoms with Crippen molar-refractivity contribution in [2.75, 3.05) is 26.6 Å². The predicted molar refractivity (Wildman–Crippen MR) is 113 cm³/mol. The number of guanidine groups is 1. The van der Waals surface area contributed by atoms with E-state index in [4.69, 9.17) is 9.47 Å². The van der Waals surface area contributed by atoms with E-state index in [1.54, 1.807) is 33.4 Å². The lowest BCUT2D eigenvalue weighted by Crippen LogP contribution is -2.33. The highest BCUT2D eigenvalue weighted by atomic mass is 127. The molecule has 5 nitrogen and oxygen atoms in total. The molecule has 0 amide bonds. The maximum Gasteiger partial charge on any atom is 0.195 e. The Hall–Kier alpha value is -2.10. The van der Waals surface area contributed by atoms with Gasteiger partial charge >= 0.3 is 0 Å². The third-order valence-corrected chi connectivity index (χ3v) is 4.35. The van der Waals surface area contributed by atoms with Gasteiger partial charge in [0.15, 0.2) is 17.5 Å². The highest BCUT2D eigenvalue weighted by Crippen LogP contribution is 2.43. The van der Waals surface area contributed by atoms with Gasteiger partial charge in [-0.15, -0.1) is 24.0 Å². The standard InChI is InChI=1S/C19H21F2N3O2.HI/c1-22-19(23-11-7-8-16(25-2)17(9-11)26-3)24-15-10-12(15)18-13(20)5-4-6-14(18)21;/h4-9,12,15H,10H2,1-3H3,(H2,22,23,24);1H. The van der Waals surface area contributed by atoms with Crippen molar-refractivity contribution in [1.82, 2.24) is 5.32 Å². The van der Waals surface area contributed by atoms with Crippen molar-refractivity contribution in [2.45, 2.75) is 18.4 Å². The molecule has 3 rings (SSSR count). The Morgan fingerprint density at radius 3 is 2.33 bits per heavy atom. The molecule has 2 aromatic rings. The van der Waals surface area contributed by atoms with Crippen molar-refractivity contribution < 1.29 is 18.3 Å². The second-order valence-electron chi connectivity index (χ2n) is 6.00. The van der Waals surface area contributed by atoms with E-state index < -0.39 is 11.6 Å². The summed E-state index contributed by atoms with van der Waals surface area (Å²) in [4.78, 5) is 4.17. The number of hydrogen-bond donors (Lipinski definition) is 2. The minimum atomic E-state index is -0.512.